The second-order valence-corrected chi connectivity index (χ2v) is 9.22. The number of carbonyl (C=O) groups excluding carboxylic acids is 1. The third-order valence-corrected chi connectivity index (χ3v) is 6.62. The molecule has 0 aliphatic rings. The highest BCUT2D eigenvalue weighted by Gasteiger charge is 2.35. The fourth-order valence-corrected chi connectivity index (χ4v) is 4.64. The highest BCUT2D eigenvalue weighted by Crippen LogP contribution is 2.27. The molecule has 10 heteroatoms. The van der Waals surface area contributed by atoms with Crippen molar-refractivity contribution in [1.29, 1.82) is 0 Å². The van der Waals surface area contributed by atoms with Gasteiger partial charge in [-0.05, 0) is 54.4 Å². The van der Waals surface area contributed by atoms with Crippen LogP contribution in [0.4, 0.5) is 0 Å². The lowest BCUT2D eigenvalue weighted by molar-refractivity contribution is -0.134. The van der Waals surface area contributed by atoms with Crippen LogP contribution in [0.3, 0.4) is 0 Å². The molecule has 0 saturated carbocycles. The van der Waals surface area contributed by atoms with Crippen LogP contribution in [0.2, 0.25) is 0 Å². The summed E-state index contributed by atoms with van der Waals surface area (Å²) in [6, 6.07) is 12.1. The Morgan fingerprint density at radius 3 is 2.16 bits per heavy atom. The van der Waals surface area contributed by atoms with E-state index in [-0.39, 0.29) is 10.8 Å². The number of carbonyl (C=O) groups is 1. The van der Waals surface area contributed by atoms with E-state index in [1.807, 2.05) is 12.1 Å². The summed E-state index contributed by atoms with van der Waals surface area (Å²) in [5.41, 5.74) is 2.44. The van der Waals surface area contributed by atoms with Gasteiger partial charge in [-0.1, -0.05) is 13.8 Å². The number of nitrogens with zero attached hydrogens (tertiary/aromatic N) is 2. The number of ether oxygens (including phenoxy) is 1. The second kappa shape index (κ2) is 9.29. The smallest absolute Gasteiger partial charge is 0.262 e. The highest BCUT2D eigenvalue weighted by atomic mass is 32.2. The lowest BCUT2D eigenvalue weighted by Gasteiger charge is -2.28. The number of H-pyrrole nitrogens is 1. The minimum absolute atomic E-state index is 0.00640. The predicted octanol–water partition coefficient (Wildman–Crippen LogP) is 3.02. The number of sulfonamides is 1. The molecule has 0 radical (unpaired) electrons. The van der Waals surface area contributed by atoms with Crippen molar-refractivity contribution in [2.75, 3.05) is 7.05 Å². The maximum atomic E-state index is 12.9. The molecular weight excluding hydrogens is 420 g/mol. The SMILES string of the molecule is CC(C)C(C(=O)NO)N(C)S(=O)(=O)c1ccc(Oc2ccc(-c3ncc[nH]3)cc2)cc1. The monoisotopic (exact) mass is 444 g/mol. The fraction of sp³-hybridized carbons (Fsp3) is 0.238. The summed E-state index contributed by atoms with van der Waals surface area (Å²) >= 11 is 0. The van der Waals surface area contributed by atoms with Crippen molar-refractivity contribution in [2.24, 2.45) is 5.92 Å². The third kappa shape index (κ3) is 4.93. The van der Waals surface area contributed by atoms with Gasteiger partial charge in [-0.2, -0.15) is 4.31 Å². The number of nitrogens with one attached hydrogen (secondary N) is 2. The first kappa shape index (κ1) is 22.5. The van der Waals surface area contributed by atoms with Gasteiger partial charge in [0.1, 0.15) is 23.4 Å². The van der Waals surface area contributed by atoms with Gasteiger partial charge in [0.2, 0.25) is 10.0 Å². The van der Waals surface area contributed by atoms with Gasteiger partial charge in [0, 0.05) is 25.0 Å². The average molecular weight is 445 g/mol. The van der Waals surface area contributed by atoms with Crippen molar-refractivity contribution in [2.45, 2.75) is 24.8 Å². The Hall–Kier alpha value is -3.21. The maximum absolute atomic E-state index is 12.9. The summed E-state index contributed by atoms with van der Waals surface area (Å²) in [6.07, 6.45) is 3.42. The van der Waals surface area contributed by atoms with Crippen LogP contribution < -0.4 is 10.2 Å². The Bertz CT molecular complexity index is 1110. The summed E-state index contributed by atoms with van der Waals surface area (Å²) in [5, 5.41) is 8.94. The Labute approximate surface area is 180 Å². The van der Waals surface area contributed by atoms with E-state index in [9.17, 15) is 13.2 Å². The number of hydrogen-bond acceptors (Lipinski definition) is 6. The van der Waals surface area contributed by atoms with Gasteiger partial charge in [-0.15, -0.1) is 0 Å². The first-order valence-electron chi connectivity index (χ1n) is 9.53. The molecule has 0 spiro atoms. The summed E-state index contributed by atoms with van der Waals surface area (Å²) < 4.78 is 32.6. The van der Waals surface area contributed by atoms with Gasteiger partial charge in [-0.25, -0.2) is 18.9 Å². The first-order chi connectivity index (χ1) is 14.7. The molecule has 0 fully saturated rings. The van der Waals surface area contributed by atoms with Gasteiger partial charge in [0.25, 0.3) is 5.91 Å². The molecule has 1 unspecified atom stereocenters. The summed E-state index contributed by atoms with van der Waals surface area (Å²) in [7, 11) is -2.66. The molecule has 0 aliphatic carbocycles. The number of aromatic amines is 1. The van der Waals surface area contributed by atoms with Gasteiger partial charge < -0.3 is 9.72 Å². The van der Waals surface area contributed by atoms with E-state index in [4.69, 9.17) is 9.94 Å². The van der Waals surface area contributed by atoms with Crippen molar-refractivity contribution < 1.29 is 23.2 Å². The van der Waals surface area contributed by atoms with E-state index in [1.54, 1.807) is 38.4 Å². The van der Waals surface area contributed by atoms with E-state index in [1.165, 1.54) is 36.8 Å². The van der Waals surface area contributed by atoms with Crippen LogP contribution in [-0.2, 0) is 14.8 Å². The Kier molecular flexibility index (Phi) is 6.74. The molecule has 0 bridgehead atoms. The molecule has 0 saturated heterocycles. The molecule has 3 rings (SSSR count). The van der Waals surface area contributed by atoms with Crippen molar-refractivity contribution in [3.05, 3.63) is 60.9 Å². The largest absolute Gasteiger partial charge is 0.457 e. The third-order valence-electron chi connectivity index (χ3n) is 4.76. The van der Waals surface area contributed by atoms with E-state index < -0.39 is 22.0 Å². The number of benzene rings is 2. The summed E-state index contributed by atoms with van der Waals surface area (Å²) in [6.45, 7) is 3.39. The summed E-state index contributed by atoms with van der Waals surface area (Å²) in [4.78, 5) is 19.2. The number of rotatable bonds is 8. The standard InChI is InChI=1S/C21H24N4O5S/c1-14(2)19(21(26)24-27)25(3)31(28,29)18-10-8-17(9-11-18)30-16-6-4-15(5-7-16)20-22-12-13-23-20/h4-14,19,27H,1-3H3,(H,22,23)(H,24,26). The van der Waals surface area contributed by atoms with Crippen molar-refractivity contribution in [1.82, 2.24) is 19.8 Å². The minimum atomic E-state index is -3.96. The van der Waals surface area contributed by atoms with Crippen LogP contribution in [0.25, 0.3) is 11.4 Å². The normalized spacial score (nSPS) is 12.7. The number of hydrogen-bond donors (Lipinski definition) is 3. The van der Waals surface area contributed by atoms with Crippen molar-refractivity contribution in [3.63, 3.8) is 0 Å². The Balaban J connectivity index is 1.75. The second-order valence-electron chi connectivity index (χ2n) is 7.22. The highest BCUT2D eigenvalue weighted by molar-refractivity contribution is 7.89. The van der Waals surface area contributed by atoms with Gasteiger partial charge in [-0.3, -0.25) is 10.0 Å². The summed E-state index contributed by atoms with van der Waals surface area (Å²) in [5.74, 6) is 0.654. The molecule has 3 N–H and O–H groups in total. The van der Waals surface area contributed by atoms with E-state index in [0.29, 0.717) is 11.5 Å². The zero-order chi connectivity index (χ0) is 22.6. The van der Waals surface area contributed by atoms with Gasteiger partial charge in [0.15, 0.2) is 0 Å². The minimum Gasteiger partial charge on any atom is -0.457 e. The molecule has 1 amide bonds. The van der Waals surface area contributed by atoms with E-state index in [2.05, 4.69) is 9.97 Å². The fourth-order valence-electron chi connectivity index (χ4n) is 3.19. The lowest BCUT2D eigenvalue weighted by Crippen LogP contribution is -2.49. The van der Waals surface area contributed by atoms with Crippen LogP contribution in [-0.4, -0.2) is 46.9 Å². The number of likely N-dealkylation sites (N-methyl/N-ethyl adjacent to an activating group) is 1. The van der Waals surface area contributed by atoms with Crippen molar-refractivity contribution >= 4 is 15.9 Å². The van der Waals surface area contributed by atoms with Crippen LogP contribution in [0.15, 0.2) is 65.8 Å². The average Bonchev–Trinajstić information content (AvgIpc) is 3.29. The van der Waals surface area contributed by atoms with E-state index >= 15 is 0 Å². The lowest BCUT2D eigenvalue weighted by atomic mass is 10.0. The predicted molar refractivity (Wildman–Crippen MR) is 114 cm³/mol. The molecular formula is C21H24N4O5S. The molecule has 31 heavy (non-hydrogen) atoms. The topological polar surface area (TPSA) is 125 Å². The Morgan fingerprint density at radius 1 is 1.10 bits per heavy atom. The van der Waals surface area contributed by atoms with Crippen LogP contribution in [0.5, 0.6) is 11.5 Å². The molecule has 2 aromatic carbocycles. The molecule has 164 valence electrons. The van der Waals surface area contributed by atoms with Crippen LogP contribution in [0, 0.1) is 5.92 Å². The molecule has 9 nitrogen and oxygen atoms in total. The molecule has 3 aromatic rings. The molecule has 1 heterocycles. The molecule has 1 atom stereocenters. The van der Waals surface area contributed by atoms with Gasteiger partial charge in [0.05, 0.1) is 4.90 Å². The van der Waals surface area contributed by atoms with Crippen LogP contribution in [0.1, 0.15) is 13.8 Å². The Morgan fingerprint density at radius 2 is 1.68 bits per heavy atom. The van der Waals surface area contributed by atoms with E-state index in [0.717, 1.165) is 15.7 Å². The first-order valence-corrected chi connectivity index (χ1v) is 11.0. The number of hydroxylamine groups is 1. The molecule has 0 aliphatic heterocycles. The van der Waals surface area contributed by atoms with Crippen molar-refractivity contribution in [3.8, 4) is 22.9 Å². The van der Waals surface area contributed by atoms with Crippen LogP contribution >= 0.6 is 0 Å². The molecule has 1 aromatic heterocycles. The quantitative estimate of drug-likeness (QED) is 0.362. The zero-order valence-corrected chi connectivity index (χ0v) is 18.1. The number of imidazole rings is 1. The zero-order valence-electron chi connectivity index (χ0n) is 17.3. The number of amides is 1. The number of aromatic nitrogens is 2. The van der Waals surface area contributed by atoms with Gasteiger partial charge >= 0.3 is 0 Å². The maximum Gasteiger partial charge on any atom is 0.262 e.